The van der Waals surface area contributed by atoms with E-state index >= 15 is 0 Å². The molecule has 0 aliphatic heterocycles. The van der Waals surface area contributed by atoms with Crippen LogP contribution in [0.1, 0.15) is 19.0 Å². The molecule has 0 atom stereocenters. The van der Waals surface area contributed by atoms with Gasteiger partial charge >= 0.3 is 0 Å². The van der Waals surface area contributed by atoms with Gasteiger partial charge in [-0.25, -0.2) is 0 Å². The first kappa shape index (κ1) is 8.11. The van der Waals surface area contributed by atoms with Crippen molar-refractivity contribution in [2.45, 2.75) is 20.3 Å². The highest BCUT2D eigenvalue weighted by Crippen LogP contribution is 2.11. The fourth-order valence-corrected chi connectivity index (χ4v) is 0.932. The molecule has 1 aromatic rings. The van der Waals surface area contributed by atoms with Crippen LogP contribution >= 0.6 is 0 Å². The highest BCUT2D eigenvalue weighted by atomic mass is 15.3. The maximum atomic E-state index is 4.12. The van der Waals surface area contributed by atoms with Gasteiger partial charge in [-0.2, -0.15) is 5.10 Å². The molecule has 0 unspecified atom stereocenters. The molecular weight excluding hydrogens is 138 g/mol. The van der Waals surface area contributed by atoms with Crippen molar-refractivity contribution in [3.63, 3.8) is 0 Å². The summed E-state index contributed by atoms with van der Waals surface area (Å²) in [4.78, 5) is 0. The summed E-state index contributed by atoms with van der Waals surface area (Å²) in [6, 6.07) is 0. The van der Waals surface area contributed by atoms with Crippen LogP contribution in [-0.4, -0.2) is 16.3 Å². The molecule has 0 saturated carbocycles. The van der Waals surface area contributed by atoms with E-state index in [2.05, 4.69) is 24.3 Å². The largest absolute Gasteiger partial charge is 0.382 e. The van der Waals surface area contributed by atoms with Gasteiger partial charge < -0.3 is 5.32 Å². The van der Waals surface area contributed by atoms with E-state index in [1.807, 2.05) is 17.9 Å². The second kappa shape index (κ2) is 3.42. The van der Waals surface area contributed by atoms with Gasteiger partial charge in [-0.1, -0.05) is 6.92 Å². The lowest BCUT2D eigenvalue weighted by Crippen LogP contribution is -2.01. The van der Waals surface area contributed by atoms with Gasteiger partial charge in [0.25, 0.3) is 0 Å². The van der Waals surface area contributed by atoms with Gasteiger partial charge in [-0.15, -0.1) is 0 Å². The summed E-state index contributed by atoms with van der Waals surface area (Å²) in [6.45, 7) is 5.23. The van der Waals surface area contributed by atoms with Gasteiger partial charge in [0, 0.05) is 13.6 Å². The van der Waals surface area contributed by atoms with Crippen LogP contribution in [0.5, 0.6) is 0 Å². The van der Waals surface area contributed by atoms with Crippen molar-refractivity contribution >= 4 is 5.69 Å². The van der Waals surface area contributed by atoms with Crippen LogP contribution in [0.25, 0.3) is 0 Å². The molecule has 62 valence electrons. The number of hydrogen-bond donors (Lipinski definition) is 1. The van der Waals surface area contributed by atoms with Gasteiger partial charge in [-0.05, 0) is 13.3 Å². The van der Waals surface area contributed by atoms with Crippen LogP contribution in [0.2, 0.25) is 0 Å². The maximum absolute atomic E-state index is 4.12. The molecule has 0 spiro atoms. The molecule has 0 fully saturated rings. The molecule has 0 amide bonds. The van der Waals surface area contributed by atoms with Crippen molar-refractivity contribution in [2.75, 3.05) is 11.9 Å². The number of rotatable bonds is 3. The minimum absolute atomic E-state index is 1.02. The number of nitrogens with one attached hydrogen (secondary N) is 1. The van der Waals surface area contributed by atoms with Crippen LogP contribution in [0.3, 0.4) is 0 Å². The maximum Gasteiger partial charge on any atom is 0.0756 e. The van der Waals surface area contributed by atoms with Gasteiger partial charge in [0.05, 0.1) is 17.6 Å². The molecule has 3 heteroatoms. The fourth-order valence-electron chi connectivity index (χ4n) is 0.932. The van der Waals surface area contributed by atoms with Crippen LogP contribution in [0, 0.1) is 6.92 Å². The first-order valence-corrected chi connectivity index (χ1v) is 3.98. The second-order valence-corrected chi connectivity index (χ2v) is 2.69. The van der Waals surface area contributed by atoms with Crippen molar-refractivity contribution in [1.82, 2.24) is 9.78 Å². The van der Waals surface area contributed by atoms with Gasteiger partial charge in [-0.3, -0.25) is 4.68 Å². The summed E-state index contributed by atoms with van der Waals surface area (Å²) in [5.41, 5.74) is 2.34. The Balaban J connectivity index is 2.63. The Kier molecular flexibility index (Phi) is 2.52. The molecule has 3 nitrogen and oxygen atoms in total. The molecule has 0 aliphatic carbocycles. The average Bonchev–Trinajstić information content (AvgIpc) is 2.31. The Hall–Kier alpha value is -0.990. The second-order valence-electron chi connectivity index (χ2n) is 2.69. The van der Waals surface area contributed by atoms with E-state index in [0.29, 0.717) is 0 Å². The third kappa shape index (κ3) is 1.73. The molecule has 0 saturated heterocycles. The summed E-state index contributed by atoms with van der Waals surface area (Å²) in [5, 5.41) is 7.42. The average molecular weight is 153 g/mol. The summed E-state index contributed by atoms with van der Waals surface area (Å²) >= 11 is 0. The van der Waals surface area contributed by atoms with Crippen LogP contribution in [0.15, 0.2) is 6.20 Å². The lowest BCUT2D eigenvalue weighted by atomic mass is 10.4. The molecule has 0 aliphatic rings. The summed E-state index contributed by atoms with van der Waals surface area (Å²) < 4.78 is 1.87. The molecular formula is C8H15N3. The smallest absolute Gasteiger partial charge is 0.0756 e. The van der Waals surface area contributed by atoms with Crippen molar-refractivity contribution in [2.24, 2.45) is 7.05 Å². The Bertz CT molecular complexity index is 227. The van der Waals surface area contributed by atoms with E-state index in [0.717, 1.165) is 18.7 Å². The number of anilines is 1. The number of hydrogen-bond acceptors (Lipinski definition) is 2. The predicted octanol–water partition coefficient (Wildman–Crippen LogP) is 1.55. The zero-order valence-corrected chi connectivity index (χ0v) is 7.39. The van der Waals surface area contributed by atoms with Crippen LogP contribution in [-0.2, 0) is 7.05 Å². The van der Waals surface area contributed by atoms with Crippen molar-refractivity contribution in [3.05, 3.63) is 11.9 Å². The van der Waals surface area contributed by atoms with Crippen LogP contribution < -0.4 is 5.32 Å². The van der Waals surface area contributed by atoms with Gasteiger partial charge in [0.2, 0.25) is 0 Å². The zero-order chi connectivity index (χ0) is 8.27. The van der Waals surface area contributed by atoms with E-state index in [9.17, 15) is 0 Å². The van der Waals surface area contributed by atoms with E-state index in [1.54, 1.807) is 0 Å². The number of aromatic nitrogens is 2. The van der Waals surface area contributed by atoms with Crippen LogP contribution in [0.4, 0.5) is 5.69 Å². The molecule has 11 heavy (non-hydrogen) atoms. The summed E-state index contributed by atoms with van der Waals surface area (Å²) in [6.07, 6.45) is 3.01. The van der Waals surface area contributed by atoms with E-state index in [-0.39, 0.29) is 0 Å². The molecule has 0 aromatic carbocycles. The van der Waals surface area contributed by atoms with Crippen molar-refractivity contribution in [1.29, 1.82) is 0 Å². The lowest BCUT2D eigenvalue weighted by molar-refractivity contribution is 0.740. The molecule has 1 rings (SSSR count). The quantitative estimate of drug-likeness (QED) is 0.714. The fraction of sp³-hybridized carbons (Fsp3) is 0.625. The van der Waals surface area contributed by atoms with Crippen molar-refractivity contribution < 1.29 is 0 Å². The Labute approximate surface area is 67.4 Å². The van der Waals surface area contributed by atoms with E-state index in [1.165, 1.54) is 5.69 Å². The Morgan fingerprint density at radius 2 is 2.36 bits per heavy atom. The number of nitrogens with zero attached hydrogens (tertiary/aromatic N) is 2. The SMILES string of the molecule is CCCNc1cnn(C)c1C. The Morgan fingerprint density at radius 3 is 2.82 bits per heavy atom. The van der Waals surface area contributed by atoms with E-state index < -0.39 is 0 Å². The minimum Gasteiger partial charge on any atom is -0.382 e. The minimum atomic E-state index is 1.02. The highest BCUT2D eigenvalue weighted by molar-refractivity contribution is 5.45. The summed E-state index contributed by atoms with van der Waals surface area (Å²) in [7, 11) is 1.95. The highest BCUT2D eigenvalue weighted by Gasteiger charge is 2.00. The van der Waals surface area contributed by atoms with E-state index in [4.69, 9.17) is 0 Å². The lowest BCUT2D eigenvalue weighted by Gasteiger charge is -2.02. The first-order valence-electron chi connectivity index (χ1n) is 3.98. The molecule has 1 aromatic heterocycles. The third-order valence-corrected chi connectivity index (χ3v) is 1.80. The molecule has 0 bridgehead atoms. The first-order chi connectivity index (χ1) is 5.25. The van der Waals surface area contributed by atoms with Crippen molar-refractivity contribution in [3.8, 4) is 0 Å². The Morgan fingerprint density at radius 1 is 1.64 bits per heavy atom. The topological polar surface area (TPSA) is 29.9 Å². The molecule has 1 heterocycles. The normalized spacial score (nSPS) is 10.1. The van der Waals surface area contributed by atoms with Gasteiger partial charge in [0.15, 0.2) is 0 Å². The third-order valence-electron chi connectivity index (χ3n) is 1.80. The number of aryl methyl sites for hydroxylation is 1. The predicted molar refractivity (Wildman–Crippen MR) is 46.7 cm³/mol. The zero-order valence-electron chi connectivity index (χ0n) is 7.39. The monoisotopic (exact) mass is 153 g/mol. The summed E-state index contributed by atoms with van der Waals surface area (Å²) in [5.74, 6) is 0. The van der Waals surface area contributed by atoms with Gasteiger partial charge in [0.1, 0.15) is 0 Å². The molecule has 0 radical (unpaired) electrons. The molecule has 1 N–H and O–H groups in total. The standard InChI is InChI=1S/C8H15N3/c1-4-5-9-8-6-10-11(3)7(8)2/h6,9H,4-5H2,1-3H3.